The van der Waals surface area contributed by atoms with Crippen molar-refractivity contribution in [1.82, 2.24) is 9.97 Å². The van der Waals surface area contributed by atoms with Crippen molar-refractivity contribution in [2.45, 2.75) is 0 Å². The van der Waals surface area contributed by atoms with Crippen molar-refractivity contribution in [1.29, 1.82) is 0 Å². The van der Waals surface area contributed by atoms with Gasteiger partial charge in [0.15, 0.2) is 0 Å². The average molecular weight is 265 g/mol. The quantitative estimate of drug-likeness (QED) is 0.863. The highest BCUT2D eigenvalue weighted by molar-refractivity contribution is 6.33. The van der Waals surface area contributed by atoms with E-state index in [0.29, 0.717) is 16.9 Å². The van der Waals surface area contributed by atoms with E-state index in [2.05, 4.69) is 9.97 Å². The van der Waals surface area contributed by atoms with Crippen LogP contribution in [0.2, 0.25) is 5.15 Å². The van der Waals surface area contributed by atoms with Gasteiger partial charge in [-0.1, -0.05) is 11.6 Å². The zero-order chi connectivity index (χ0) is 13.1. The summed E-state index contributed by atoms with van der Waals surface area (Å²) in [5, 5.41) is 9.16. The van der Waals surface area contributed by atoms with E-state index in [1.807, 2.05) is 0 Å². The Bertz CT molecular complexity index is 587. The number of halogens is 1. The fraction of sp³-hybridized carbons (Fsp3) is 0.0833. The van der Waals surface area contributed by atoms with Gasteiger partial charge >= 0.3 is 5.97 Å². The third kappa shape index (κ3) is 2.12. The Hall–Kier alpha value is -2.14. The number of methoxy groups -OCH3 is 1. The molecular weight excluding hydrogens is 256 g/mol. The lowest BCUT2D eigenvalue weighted by Gasteiger charge is -2.12. The van der Waals surface area contributed by atoms with Crippen molar-refractivity contribution in [3.8, 4) is 16.9 Å². The third-order valence-corrected chi connectivity index (χ3v) is 2.69. The topological polar surface area (TPSA) is 72.3 Å². The molecule has 2 heterocycles. The second-order valence-corrected chi connectivity index (χ2v) is 3.77. The predicted octanol–water partition coefficient (Wildman–Crippen LogP) is 2.50. The van der Waals surface area contributed by atoms with E-state index in [1.54, 1.807) is 24.5 Å². The Morgan fingerprint density at radius 2 is 2.06 bits per heavy atom. The van der Waals surface area contributed by atoms with Crippen LogP contribution < -0.4 is 4.74 Å². The second-order valence-electron chi connectivity index (χ2n) is 3.41. The summed E-state index contributed by atoms with van der Waals surface area (Å²) in [7, 11) is 1.45. The normalized spacial score (nSPS) is 10.1. The van der Waals surface area contributed by atoms with E-state index in [9.17, 15) is 9.90 Å². The fourth-order valence-corrected chi connectivity index (χ4v) is 1.85. The first-order chi connectivity index (χ1) is 8.65. The SMILES string of the molecule is COc1cnc(Cl)c(C(=O)O)c1-c1ccncc1. The summed E-state index contributed by atoms with van der Waals surface area (Å²) in [6.07, 6.45) is 4.52. The molecule has 0 amide bonds. The number of nitrogens with zero attached hydrogens (tertiary/aromatic N) is 2. The summed E-state index contributed by atoms with van der Waals surface area (Å²) < 4.78 is 5.14. The van der Waals surface area contributed by atoms with Crippen molar-refractivity contribution in [2.24, 2.45) is 0 Å². The molecule has 0 radical (unpaired) electrons. The molecule has 92 valence electrons. The Kier molecular flexibility index (Phi) is 3.43. The number of ether oxygens (including phenoxy) is 1. The number of carboxylic acids is 1. The predicted molar refractivity (Wildman–Crippen MR) is 66.0 cm³/mol. The van der Waals surface area contributed by atoms with Gasteiger partial charge in [-0.05, 0) is 17.7 Å². The zero-order valence-corrected chi connectivity index (χ0v) is 10.2. The van der Waals surface area contributed by atoms with E-state index in [0.717, 1.165) is 0 Å². The molecule has 0 saturated carbocycles. The summed E-state index contributed by atoms with van der Waals surface area (Å²) >= 11 is 5.84. The molecule has 0 fully saturated rings. The molecule has 0 atom stereocenters. The number of rotatable bonds is 3. The Morgan fingerprint density at radius 3 is 2.61 bits per heavy atom. The fourth-order valence-electron chi connectivity index (χ4n) is 1.63. The number of hydrogen-bond donors (Lipinski definition) is 1. The van der Waals surface area contributed by atoms with Gasteiger partial charge in [0.25, 0.3) is 0 Å². The van der Waals surface area contributed by atoms with Crippen LogP contribution in [0.15, 0.2) is 30.7 Å². The number of aromatic carboxylic acids is 1. The molecule has 1 N–H and O–H groups in total. The third-order valence-electron chi connectivity index (χ3n) is 2.40. The van der Waals surface area contributed by atoms with E-state index >= 15 is 0 Å². The minimum atomic E-state index is -1.15. The molecule has 0 bridgehead atoms. The minimum Gasteiger partial charge on any atom is -0.494 e. The van der Waals surface area contributed by atoms with Gasteiger partial charge < -0.3 is 9.84 Å². The molecule has 5 nitrogen and oxygen atoms in total. The smallest absolute Gasteiger partial charge is 0.339 e. The summed E-state index contributed by atoms with van der Waals surface area (Å²) in [5.41, 5.74) is 0.971. The molecule has 0 spiro atoms. The van der Waals surface area contributed by atoms with Crippen molar-refractivity contribution < 1.29 is 14.6 Å². The zero-order valence-electron chi connectivity index (χ0n) is 9.42. The van der Waals surface area contributed by atoms with Crippen LogP contribution >= 0.6 is 11.6 Å². The van der Waals surface area contributed by atoms with Gasteiger partial charge in [0.1, 0.15) is 16.5 Å². The Balaban J connectivity index is 2.78. The highest BCUT2D eigenvalue weighted by Crippen LogP contribution is 2.35. The highest BCUT2D eigenvalue weighted by Gasteiger charge is 2.21. The van der Waals surface area contributed by atoms with Gasteiger partial charge in [-0.15, -0.1) is 0 Å². The molecular formula is C12H9ClN2O3. The van der Waals surface area contributed by atoms with Crippen LogP contribution in [0.4, 0.5) is 0 Å². The molecule has 2 aromatic heterocycles. The standard InChI is InChI=1S/C12H9ClN2O3/c1-18-8-6-15-11(13)10(12(16)17)9(8)7-2-4-14-5-3-7/h2-6H,1H3,(H,16,17). The van der Waals surface area contributed by atoms with Crippen molar-refractivity contribution in [3.05, 3.63) is 41.4 Å². The van der Waals surface area contributed by atoms with Gasteiger partial charge in [0.05, 0.1) is 13.3 Å². The number of aromatic nitrogens is 2. The Morgan fingerprint density at radius 1 is 1.39 bits per heavy atom. The van der Waals surface area contributed by atoms with Crippen molar-refractivity contribution >= 4 is 17.6 Å². The number of hydrogen-bond acceptors (Lipinski definition) is 4. The van der Waals surface area contributed by atoms with E-state index in [1.165, 1.54) is 13.3 Å². The van der Waals surface area contributed by atoms with E-state index < -0.39 is 5.97 Å². The van der Waals surface area contributed by atoms with Crippen LogP contribution in [0.5, 0.6) is 5.75 Å². The van der Waals surface area contributed by atoms with Gasteiger partial charge in [0, 0.05) is 18.0 Å². The number of carbonyl (C=O) groups is 1. The summed E-state index contributed by atoms with van der Waals surface area (Å²) in [6, 6.07) is 3.36. The maximum absolute atomic E-state index is 11.3. The van der Waals surface area contributed by atoms with Crippen LogP contribution in [-0.2, 0) is 0 Å². The van der Waals surface area contributed by atoms with Gasteiger partial charge in [-0.2, -0.15) is 0 Å². The molecule has 2 rings (SSSR count). The van der Waals surface area contributed by atoms with Crippen molar-refractivity contribution in [2.75, 3.05) is 7.11 Å². The number of pyridine rings is 2. The lowest BCUT2D eigenvalue weighted by molar-refractivity contribution is 0.0697. The van der Waals surface area contributed by atoms with Crippen LogP contribution in [0, 0.1) is 0 Å². The van der Waals surface area contributed by atoms with Gasteiger partial charge in [-0.3, -0.25) is 4.98 Å². The first kappa shape index (κ1) is 12.3. The molecule has 2 aromatic rings. The highest BCUT2D eigenvalue weighted by atomic mass is 35.5. The van der Waals surface area contributed by atoms with Gasteiger partial charge in [-0.25, -0.2) is 9.78 Å². The lowest BCUT2D eigenvalue weighted by atomic mass is 10.0. The maximum Gasteiger partial charge on any atom is 0.339 e. The second kappa shape index (κ2) is 5.01. The largest absolute Gasteiger partial charge is 0.494 e. The monoisotopic (exact) mass is 264 g/mol. The summed E-state index contributed by atoms with van der Waals surface area (Å²) in [6.45, 7) is 0. The number of carboxylic acid groups (broad SMARTS) is 1. The summed E-state index contributed by atoms with van der Waals surface area (Å²) in [5.74, 6) is -0.804. The molecule has 18 heavy (non-hydrogen) atoms. The molecule has 0 aliphatic carbocycles. The molecule has 0 saturated heterocycles. The minimum absolute atomic E-state index is 0.0740. The summed E-state index contributed by atoms with van der Waals surface area (Å²) in [4.78, 5) is 19.0. The van der Waals surface area contributed by atoms with Crippen LogP contribution in [0.3, 0.4) is 0 Å². The van der Waals surface area contributed by atoms with Crippen LogP contribution in [-0.4, -0.2) is 28.2 Å². The van der Waals surface area contributed by atoms with E-state index in [-0.39, 0.29) is 10.7 Å². The Labute approximate surface area is 108 Å². The van der Waals surface area contributed by atoms with Crippen LogP contribution in [0.25, 0.3) is 11.1 Å². The van der Waals surface area contributed by atoms with Crippen LogP contribution in [0.1, 0.15) is 10.4 Å². The molecule has 0 aliphatic heterocycles. The van der Waals surface area contributed by atoms with Gasteiger partial charge in [0.2, 0.25) is 0 Å². The van der Waals surface area contributed by atoms with Crippen molar-refractivity contribution in [3.63, 3.8) is 0 Å². The first-order valence-electron chi connectivity index (χ1n) is 5.01. The molecule has 6 heteroatoms. The first-order valence-corrected chi connectivity index (χ1v) is 5.39. The molecule has 0 aliphatic rings. The molecule has 0 aromatic carbocycles. The average Bonchev–Trinajstić information content (AvgIpc) is 2.39. The molecule has 0 unspecified atom stereocenters. The maximum atomic E-state index is 11.3. The lowest BCUT2D eigenvalue weighted by Crippen LogP contribution is -2.04. The van der Waals surface area contributed by atoms with E-state index in [4.69, 9.17) is 16.3 Å².